The third kappa shape index (κ3) is 2.10. The molecule has 4 nitrogen and oxygen atoms in total. The van der Waals surface area contributed by atoms with Gasteiger partial charge in [-0.1, -0.05) is 13.8 Å². The standard InChI is InChI=1S/C13H21NO3/c1-3-13(4-2)7-11(16)14(12(13)17)8-10(15)9-5-6-9/h9-10,15H,3-8H2,1-2H3. The number of aliphatic hydroxyl groups excluding tert-OH is 1. The summed E-state index contributed by atoms with van der Waals surface area (Å²) in [7, 11) is 0. The monoisotopic (exact) mass is 239 g/mol. The molecule has 0 spiro atoms. The number of hydrogen-bond donors (Lipinski definition) is 1. The number of imide groups is 1. The zero-order chi connectivity index (χ0) is 12.6. The Kier molecular flexibility index (Phi) is 3.25. The first-order valence-corrected chi connectivity index (χ1v) is 6.57. The lowest BCUT2D eigenvalue weighted by Crippen LogP contribution is -2.40. The first-order valence-electron chi connectivity index (χ1n) is 6.57. The van der Waals surface area contributed by atoms with E-state index < -0.39 is 11.5 Å². The van der Waals surface area contributed by atoms with Gasteiger partial charge in [-0.25, -0.2) is 0 Å². The molecule has 17 heavy (non-hydrogen) atoms. The first kappa shape index (κ1) is 12.6. The Bertz CT molecular complexity index is 332. The molecule has 0 bridgehead atoms. The van der Waals surface area contributed by atoms with Gasteiger partial charge in [0.15, 0.2) is 0 Å². The molecule has 96 valence electrons. The number of aliphatic hydroxyl groups is 1. The quantitative estimate of drug-likeness (QED) is 0.736. The van der Waals surface area contributed by atoms with E-state index in [0.717, 1.165) is 12.8 Å². The third-order valence-electron chi connectivity index (χ3n) is 4.38. The summed E-state index contributed by atoms with van der Waals surface area (Å²) in [6.45, 7) is 4.11. The number of rotatable bonds is 5. The zero-order valence-corrected chi connectivity index (χ0v) is 10.6. The summed E-state index contributed by atoms with van der Waals surface area (Å²) in [5.41, 5.74) is -0.500. The predicted molar refractivity (Wildman–Crippen MR) is 63.1 cm³/mol. The lowest BCUT2D eigenvalue weighted by Gasteiger charge is -2.24. The predicted octanol–water partition coefficient (Wildman–Crippen LogP) is 1.32. The maximum absolute atomic E-state index is 12.3. The van der Waals surface area contributed by atoms with Gasteiger partial charge in [-0.3, -0.25) is 14.5 Å². The van der Waals surface area contributed by atoms with Crippen LogP contribution in [-0.4, -0.2) is 34.5 Å². The van der Waals surface area contributed by atoms with Gasteiger partial charge in [-0.15, -0.1) is 0 Å². The van der Waals surface area contributed by atoms with Gasteiger partial charge in [-0.05, 0) is 31.6 Å². The summed E-state index contributed by atoms with van der Waals surface area (Å²) >= 11 is 0. The summed E-state index contributed by atoms with van der Waals surface area (Å²) in [6, 6.07) is 0. The number of nitrogens with zero attached hydrogens (tertiary/aromatic N) is 1. The number of β-amino-alcohol motifs (C(OH)–C–C–N with tert-alkyl or cyclic N) is 1. The Labute approximate surface area is 102 Å². The minimum Gasteiger partial charge on any atom is -0.391 e. The zero-order valence-electron chi connectivity index (χ0n) is 10.6. The Hall–Kier alpha value is -0.900. The van der Waals surface area contributed by atoms with Gasteiger partial charge in [-0.2, -0.15) is 0 Å². The molecule has 1 aliphatic heterocycles. The molecule has 0 aromatic heterocycles. The Morgan fingerprint density at radius 2 is 1.94 bits per heavy atom. The molecule has 1 saturated heterocycles. The van der Waals surface area contributed by atoms with Crippen LogP contribution in [0, 0.1) is 11.3 Å². The molecule has 0 aromatic carbocycles. The average Bonchev–Trinajstić information content (AvgIpc) is 3.12. The van der Waals surface area contributed by atoms with Crippen molar-refractivity contribution >= 4 is 11.8 Å². The molecule has 1 saturated carbocycles. The summed E-state index contributed by atoms with van der Waals surface area (Å²) in [4.78, 5) is 25.5. The van der Waals surface area contributed by atoms with Gasteiger partial charge < -0.3 is 5.11 Å². The van der Waals surface area contributed by atoms with Crippen LogP contribution < -0.4 is 0 Å². The van der Waals surface area contributed by atoms with Crippen LogP contribution in [0.4, 0.5) is 0 Å². The topological polar surface area (TPSA) is 57.6 Å². The van der Waals surface area contributed by atoms with Crippen LogP contribution in [0.5, 0.6) is 0 Å². The minimum atomic E-state index is -0.521. The molecule has 1 heterocycles. The van der Waals surface area contributed by atoms with Crippen LogP contribution in [-0.2, 0) is 9.59 Å². The first-order chi connectivity index (χ1) is 8.04. The second-order valence-electron chi connectivity index (χ2n) is 5.38. The van der Waals surface area contributed by atoms with Crippen molar-refractivity contribution in [3.05, 3.63) is 0 Å². The smallest absolute Gasteiger partial charge is 0.235 e. The van der Waals surface area contributed by atoms with Crippen molar-refractivity contribution in [2.45, 2.75) is 52.1 Å². The van der Waals surface area contributed by atoms with Crippen LogP contribution in [0.15, 0.2) is 0 Å². The molecular weight excluding hydrogens is 218 g/mol. The second kappa shape index (κ2) is 4.41. The van der Waals surface area contributed by atoms with Crippen molar-refractivity contribution < 1.29 is 14.7 Å². The maximum atomic E-state index is 12.3. The normalized spacial score (nSPS) is 25.5. The van der Waals surface area contributed by atoms with Crippen LogP contribution in [0.2, 0.25) is 0 Å². The molecule has 1 N–H and O–H groups in total. The summed E-state index contributed by atoms with van der Waals surface area (Å²) in [5, 5.41) is 9.85. The molecule has 1 aliphatic carbocycles. The highest BCUT2D eigenvalue weighted by Gasteiger charge is 2.50. The molecular formula is C13H21NO3. The summed E-state index contributed by atoms with van der Waals surface area (Å²) in [5.74, 6) is 0.111. The van der Waals surface area contributed by atoms with E-state index in [1.165, 1.54) is 4.90 Å². The highest BCUT2D eigenvalue weighted by Crippen LogP contribution is 2.40. The second-order valence-corrected chi connectivity index (χ2v) is 5.38. The molecule has 2 amide bonds. The SMILES string of the molecule is CCC1(CC)CC(=O)N(CC(O)C2CC2)C1=O. The molecule has 0 aromatic rings. The molecule has 4 heteroatoms. The largest absolute Gasteiger partial charge is 0.391 e. The highest BCUT2D eigenvalue weighted by molar-refractivity contribution is 6.05. The number of amides is 2. The van der Waals surface area contributed by atoms with Crippen molar-refractivity contribution in [2.75, 3.05) is 6.54 Å². The molecule has 1 unspecified atom stereocenters. The van der Waals surface area contributed by atoms with E-state index >= 15 is 0 Å². The average molecular weight is 239 g/mol. The van der Waals surface area contributed by atoms with E-state index in [-0.39, 0.29) is 18.4 Å². The highest BCUT2D eigenvalue weighted by atomic mass is 16.3. The number of carbonyl (C=O) groups is 2. The van der Waals surface area contributed by atoms with Crippen molar-refractivity contribution in [3.8, 4) is 0 Å². The van der Waals surface area contributed by atoms with E-state index in [9.17, 15) is 14.7 Å². The van der Waals surface area contributed by atoms with E-state index in [1.54, 1.807) is 0 Å². The lowest BCUT2D eigenvalue weighted by molar-refractivity contribution is -0.143. The number of carbonyl (C=O) groups excluding carboxylic acids is 2. The van der Waals surface area contributed by atoms with E-state index in [2.05, 4.69) is 0 Å². The molecule has 2 fully saturated rings. The van der Waals surface area contributed by atoms with E-state index in [4.69, 9.17) is 0 Å². The van der Waals surface area contributed by atoms with Crippen molar-refractivity contribution in [2.24, 2.45) is 11.3 Å². The van der Waals surface area contributed by atoms with Crippen LogP contribution in [0.25, 0.3) is 0 Å². The van der Waals surface area contributed by atoms with Gasteiger partial charge >= 0.3 is 0 Å². The molecule has 1 atom stereocenters. The fourth-order valence-corrected chi connectivity index (χ4v) is 2.66. The van der Waals surface area contributed by atoms with E-state index in [1.807, 2.05) is 13.8 Å². The van der Waals surface area contributed by atoms with Gasteiger partial charge in [0, 0.05) is 6.42 Å². The van der Waals surface area contributed by atoms with E-state index in [0.29, 0.717) is 25.2 Å². The van der Waals surface area contributed by atoms with Crippen LogP contribution in [0.3, 0.4) is 0 Å². The fourth-order valence-electron chi connectivity index (χ4n) is 2.66. The Morgan fingerprint density at radius 1 is 1.35 bits per heavy atom. The molecule has 2 aliphatic rings. The summed E-state index contributed by atoms with van der Waals surface area (Å²) < 4.78 is 0. The maximum Gasteiger partial charge on any atom is 0.235 e. The number of likely N-dealkylation sites (tertiary alicyclic amines) is 1. The van der Waals surface area contributed by atoms with Crippen LogP contribution >= 0.6 is 0 Å². The third-order valence-corrected chi connectivity index (χ3v) is 4.38. The van der Waals surface area contributed by atoms with Crippen molar-refractivity contribution in [1.82, 2.24) is 4.90 Å². The van der Waals surface area contributed by atoms with Gasteiger partial charge in [0.2, 0.25) is 11.8 Å². The molecule has 2 rings (SSSR count). The Balaban J connectivity index is 2.07. The Morgan fingerprint density at radius 3 is 2.35 bits per heavy atom. The number of hydrogen-bond acceptors (Lipinski definition) is 3. The van der Waals surface area contributed by atoms with Gasteiger partial charge in [0.05, 0.1) is 18.1 Å². The lowest BCUT2D eigenvalue weighted by atomic mass is 9.81. The van der Waals surface area contributed by atoms with Gasteiger partial charge in [0.25, 0.3) is 0 Å². The van der Waals surface area contributed by atoms with Crippen LogP contribution in [0.1, 0.15) is 46.0 Å². The molecule has 0 radical (unpaired) electrons. The summed E-state index contributed by atoms with van der Waals surface area (Å²) in [6.07, 6.45) is 3.23. The van der Waals surface area contributed by atoms with Crippen molar-refractivity contribution in [1.29, 1.82) is 0 Å². The van der Waals surface area contributed by atoms with Gasteiger partial charge in [0.1, 0.15) is 0 Å². The minimum absolute atomic E-state index is 0.0767. The fraction of sp³-hybridized carbons (Fsp3) is 0.846. The van der Waals surface area contributed by atoms with Crippen molar-refractivity contribution in [3.63, 3.8) is 0 Å².